The Morgan fingerprint density at radius 2 is 1.86 bits per heavy atom. The Kier molecular flexibility index (Phi) is 9.91. The number of thioether (sulfide) groups is 1. The van der Waals surface area contributed by atoms with Gasteiger partial charge >= 0.3 is 0 Å². The van der Waals surface area contributed by atoms with Crippen molar-refractivity contribution in [2.75, 3.05) is 18.2 Å². The molecule has 22 heavy (non-hydrogen) atoms. The van der Waals surface area contributed by atoms with Crippen LogP contribution in [0.1, 0.15) is 12.8 Å². The van der Waals surface area contributed by atoms with Gasteiger partial charge < -0.3 is 41.3 Å². The summed E-state index contributed by atoms with van der Waals surface area (Å²) in [6.07, 6.45) is -0.245. The number of carbonyl (C=O) groups is 4. The van der Waals surface area contributed by atoms with Crippen LogP contribution in [0, 0.1) is 0 Å². The summed E-state index contributed by atoms with van der Waals surface area (Å²) in [5.41, 5.74) is 3.29. The third kappa shape index (κ3) is 9.15. The van der Waals surface area contributed by atoms with Crippen molar-refractivity contribution in [3.8, 4) is 0 Å². The molecule has 126 valence electrons. The summed E-state index contributed by atoms with van der Waals surface area (Å²) in [6, 6.07) is -2.11. The number of amides is 2. The lowest BCUT2D eigenvalue weighted by atomic mass is 10.1. The van der Waals surface area contributed by atoms with Crippen molar-refractivity contribution in [1.82, 2.24) is 10.6 Å². The van der Waals surface area contributed by atoms with E-state index in [4.69, 9.17) is 5.11 Å². The third-order valence-corrected chi connectivity index (χ3v) is 3.24. The van der Waals surface area contributed by atoms with Crippen LogP contribution in [-0.2, 0) is 19.2 Å². The Hall–Kier alpha value is -1.85. The number of hydrogen-bond donors (Lipinski definition) is 4. The molecule has 0 radical (unpaired) electrons. The average molecular weight is 336 g/mol. The maximum absolute atomic E-state index is 11.7. The van der Waals surface area contributed by atoms with Gasteiger partial charge in [0.15, 0.2) is 0 Å². The van der Waals surface area contributed by atoms with Gasteiger partial charge in [0.25, 0.3) is 0 Å². The molecule has 0 aliphatic rings. The zero-order valence-electron chi connectivity index (χ0n) is 11.7. The molecule has 0 bridgehead atoms. The maximum Gasteiger partial charge on any atom is 0.243 e. The molecule has 0 unspecified atom stereocenters. The number of quaternary nitrogens is 1. The van der Waals surface area contributed by atoms with Gasteiger partial charge in [-0.2, -0.15) is 0 Å². The molecule has 6 N–H and O–H groups in total. The maximum atomic E-state index is 11.7. The first-order valence-electron chi connectivity index (χ1n) is 6.27. The monoisotopic (exact) mass is 336 g/mol. The minimum absolute atomic E-state index is 0.0232. The SMILES string of the molecule is [NH3+][C@@H](CCC(=O)N[C@@H](CSCO)C(=O)NCC(=O)[O-])C(=O)[O-]. The first kappa shape index (κ1) is 20.1. The molecule has 0 saturated carbocycles. The highest BCUT2D eigenvalue weighted by molar-refractivity contribution is 7.99. The normalized spacial score (nSPS) is 13.0. The zero-order valence-corrected chi connectivity index (χ0v) is 12.5. The highest BCUT2D eigenvalue weighted by atomic mass is 32.2. The first-order valence-corrected chi connectivity index (χ1v) is 7.42. The van der Waals surface area contributed by atoms with Crippen molar-refractivity contribution >= 4 is 35.5 Å². The largest absolute Gasteiger partial charge is 0.548 e. The van der Waals surface area contributed by atoms with Crippen LogP contribution in [0.3, 0.4) is 0 Å². The molecule has 0 saturated heterocycles. The Labute approximate surface area is 130 Å². The summed E-state index contributed by atoms with van der Waals surface area (Å²) in [6.45, 7) is -0.708. The molecule has 11 heteroatoms. The van der Waals surface area contributed by atoms with Crippen LogP contribution in [0.25, 0.3) is 0 Å². The quantitative estimate of drug-likeness (QED) is 0.268. The van der Waals surface area contributed by atoms with Gasteiger partial charge in [0.2, 0.25) is 11.8 Å². The molecule has 0 rings (SSSR count). The molecule has 10 nitrogen and oxygen atoms in total. The van der Waals surface area contributed by atoms with E-state index in [1.165, 1.54) is 0 Å². The Morgan fingerprint density at radius 3 is 2.36 bits per heavy atom. The van der Waals surface area contributed by atoms with E-state index in [1.54, 1.807) is 0 Å². The molecule has 0 aliphatic heterocycles. The minimum Gasteiger partial charge on any atom is -0.548 e. The van der Waals surface area contributed by atoms with Gasteiger partial charge in [0.05, 0.1) is 24.4 Å². The summed E-state index contributed by atoms with van der Waals surface area (Å²) in [5.74, 6) is -4.47. The molecule has 2 atom stereocenters. The zero-order chi connectivity index (χ0) is 17.1. The highest BCUT2D eigenvalue weighted by Gasteiger charge is 2.21. The van der Waals surface area contributed by atoms with E-state index in [-0.39, 0.29) is 24.5 Å². The van der Waals surface area contributed by atoms with Gasteiger partial charge in [-0.25, -0.2) is 0 Å². The van der Waals surface area contributed by atoms with Crippen LogP contribution in [0.4, 0.5) is 0 Å². The Balaban J connectivity index is 4.43. The minimum atomic E-state index is -1.48. The van der Waals surface area contributed by atoms with Gasteiger partial charge in [-0.3, -0.25) is 9.59 Å². The Morgan fingerprint density at radius 1 is 1.23 bits per heavy atom. The number of carbonyl (C=O) groups excluding carboxylic acids is 4. The lowest BCUT2D eigenvalue weighted by Crippen LogP contribution is -2.68. The fourth-order valence-corrected chi connectivity index (χ4v) is 1.90. The van der Waals surface area contributed by atoms with E-state index in [9.17, 15) is 29.4 Å². The predicted molar refractivity (Wildman–Crippen MR) is 70.4 cm³/mol. The number of aliphatic hydroxyl groups excluding tert-OH is 1. The van der Waals surface area contributed by atoms with Crippen LogP contribution >= 0.6 is 11.8 Å². The third-order valence-electron chi connectivity index (χ3n) is 2.49. The summed E-state index contributed by atoms with van der Waals surface area (Å²) in [7, 11) is 0. The number of carboxylic acid groups (broad SMARTS) is 2. The number of hydrogen-bond acceptors (Lipinski definition) is 8. The van der Waals surface area contributed by atoms with Crippen molar-refractivity contribution in [3.05, 3.63) is 0 Å². The van der Waals surface area contributed by atoms with Gasteiger partial charge in [0, 0.05) is 18.6 Å². The molecule has 0 spiro atoms. The first-order chi connectivity index (χ1) is 10.3. The molecule has 2 amide bonds. The van der Waals surface area contributed by atoms with Crippen LogP contribution in [0.15, 0.2) is 0 Å². The van der Waals surface area contributed by atoms with Gasteiger partial charge in [-0.05, 0) is 0 Å². The molecule has 0 aromatic rings. The van der Waals surface area contributed by atoms with Gasteiger partial charge in [0.1, 0.15) is 12.1 Å². The van der Waals surface area contributed by atoms with Crippen LogP contribution in [-0.4, -0.2) is 59.2 Å². The number of carboxylic acids is 2. The fraction of sp³-hybridized carbons (Fsp3) is 0.636. The van der Waals surface area contributed by atoms with Gasteiger partial charge in [-0.1, -0.05) is 0 Å². The van der Waals surface area contributed by atoms with E-state index in [0.29, 0.717) is 0 Å². The Bertz CT molecular complexity index is 418. The average Bonchev–Trinajstić information content (AvgIpc) is 2.46. The number of aliphatic carboxylic acids is 2. The van der Waals surface area contributed by atoms with Crippen molar-refractivity contribution < 1.29 is 40.2 Å². The van der Waals surface area contributed by atoms with Crippen molar-refractivity contribution in [1.29, 1.82) is 0 Å². The molecular formula is C11H18N3O7S-. The van der Waals surface area contributed by atoms with Crippen LogP contribution < -0.4 is 26.6 Å². The lowest BCUT2D eigenvalue weighted by molar-refractivity contribution is -0.438. The second kappa shape index (κ2) is 10.8. The van der Waals surface area contributed by atoms with Crippen molar-refractivity contribution in [2.24, 2.45) is 0 Å². The number of rotatable bonds is 11. The van der Waals surface area contributed by atoms with E-state index in [0.717, 1.165) is 11.8 Å². The summed E-state index contributed by atoms with van der Waals surface area (Å²) >= 11 is 0.951. The lowest BCUT2D eigenvalue weighted by Gasteiger charge is -2.18. The number of aliphatic hydroxyl groups is 1. The summed E-state index contributed by atoms with van der Waals surface area (Å²) < 4.78 is 0. The molecular weight excluding hydrogens is 318 g/mol. The van der Waals surface area contributed by atoms with E-state index >= 15 is 0 Å². The van der Waals surface area contributed by atoms with Gasteiger partial charge in [-0.15, -0.1) is 11.8 Å². The number of nitrogens with one attached hydrogen (secondary N) is 2. The second-order valence-electron chi connectivity index (χ2n) is 4.26. The van der Waals surface area contributed by atoms with Crippen molar-refractivity contribution in [3.63, 3.8) is 0 Å². The molecule has 0 aliphatic carbocycles. The van der Waals surface area contributed by atoms with Crippen LogP contribution in [0.5, 0.6) is 0 Å². The van der Waals surface area contributed by atoms with Crippen LogP contribution in [0.2, 0.25) is 0 Å². The predicted octanol–water partition coefficient (Wildman–Crippen LogP) is -5.84. The fourth-order valence-electron chi connectivity index (χ4n) is 1.33. The standard InChI is InChI=1S/C11H19N3O7S/c12-6(11(20)21)1-2-8(16)14-7(4-22-5-15)10(19)13-3-9(17)18/h6-7,15H,1-5,12H2,(H,13,19)(H,14,16)(H,17,18)(H,20,21)/p-1/t6-,7-/m0/s1. The molecule has 0 aromatic carbocycles. The topological polar surface area (TPSA) is 186 Å². The second-order valence-corrected chi connectivity index (χ2v) is 5.26. The smallest absolute Gasteiger partial charge is 0.243 e. The summed E-state index contributed by atoms with van der Waals surface area (Å²) in [5, 5.41) is 33.9. The molecule has 0 heterocycles. The van der Waals surface area contributed by atoms with E-state index in [2.05, 4.69) is 16.4 Å². The van der Waals surface area contributed by atoms with Crippen molar-refractivity contribution in [2.45, 2.75) is 24.9 Å². The van der Waals surface area contributed by atoms with E-state index < -0.39 is 42.4 Å². The summed E-state index contributed by atoms with van der Waals surface area (Å²) in [4.78, 5) is 44.1. The molecule has 0 fully saturated rings. The van der Waals surface area contributed by atoms with E-state index in [1.807, 2.05) is 0 Å². The highest BCUT2D eigenvalue weighted by Crippen LogP contribution is 2.02. The molecule has 0 aromatic heterocycles.